The number of benzene rings is 2. The van der Waals surface area contributed by atoms with Gasteiger partial charge in [0.05, 0.1) is 15.5 Å². The van der Waals surface area contributed by atoms with Crippen LogP contribution in [-0.2, 0) is 9.59 Å². The minimum atomic E-state index is -0.492. The Morgan fingerprint density at radius 3 is 2.18 bits per heavy atom. The number of aromatic nitrogens is 3. The van der Waals surface area contributed by atoms with Crippen molar-refractivity contribution in [2.45, 2.75) is 38.8 Å². The van der Waals surface area contributed by atoms with Gasteiger partial charge in [0, 0.05) is 36.1 Å². The van der Waals surface area contributed by atoms with Crippen molar-refractivity contribution < 1.29 is 14.5 Å². The lowest BCUT2D eigenvalue weighted by atomic mass is 10.1. The molecule has 1 aromatic heterocycles. The van der Waals surface area contributed by atoms with Gasteiger partial charge in [0.1, 0.15) is 0 Å². The number of nitro groups is 1. The zero-order valence-electron chi connectivity index (χ0n) is 18.3. The lowest BCUT2D eigenvalue weighted by Crippen LogP contribution is -2.42. The molecule has 0 atom stereocenters. The van der Waals surface area contributed by atoms with Crippen molar-refractivity contribution in [1.82, 2.24) is 14.9 Å². The Bertz CT molecular complexity index is 1280. The molecule has 1 amide bonds. The highest BCUT2D eigenvalue weighted by Gasteiger charge is 2.36. The number of thioether (sulfide) groups is 1. The average Bonchev–Trinajstić information content (AvgIpc) is 3.26. The quantitative estimate of drug-likeness (QED) is 0.391. The number of nitro benzene ring substituents is 1. The highest BCUT2D eigenvalue weighted by atomic mass is 32.2. The van der Waals surface area contributed by atoms with Crippen LogP contribution in [0.15, 0.2) is 58.6 Å². The van der Waals surface area contributed by atoms with Crippen LogP contribution in [0.5, 0.6) is 0 Å². The number of nitrogens with zero attached hydrogens (tertiary/aromatic N) is 5. The van der Waals surface area contributed by atoms with Crippen LogP contribution in [0, 0.1) is 17.0 Å². The van der Waals surface area contributed by atoms with Crippen LogP contribution in [0.4, 0.5) is 5.69 Å². The molecule has 2 heterocycles. The van der Waals surface area contributed by atoms with Crippen molar-refractivity contribution in [3.63, 3.8) is 0 Å². The van der Waals surface area contributed by atoms with E-state index in [9.17, 15) is 19.7 Å². The first-order chi connectivity index (χ1) is 15.8. The number of carbonyl (C=O) groups excluding carboxylic acids is 2. The van der Waals surface area contributed by atoms with Gasteiger partial charge in [0.15, 0.2) is 11.6 Å². The summed E-state index contributed by atoms with van der Waals surface area (Å²) < 4.78 is 1.62. The Morgan fingerprint density at radius 1 is 0.970 bits per heavy atom. The zero-order valence-corrected chi connectivity index (χ0v) is 19.1. The third-order valence-electron chi connectivity index (χ3n) is 5.21. The maximum Gasteiger partial charge on any atom is 0.269 e. The van der Waals surface area contributed by atoms with E-state index >= 15 is 0 Å². The molecule has 0 fully saturated rings. The standard InChI is InChI=1S/C23H21N5O4S/c1-4-18(29)21-20(15-10-12-17(13-11-15)28(31)32)26(19(30)5-2)27-22(24-25-23(27)33-21)16-8-6-14(3)7-9-16/h6-13H,4-5H2,1-3H3. The third-order valence-corrected chi connectivity index (χ3v) is 6.27. The van der Waals surface area contributed by atoms with Gasteiger partial charge in [-0.15, -0.1) is 10.2 Å². The number of amides is 1. The van der Waals surface area contributed by atoms with Crippen LogP contribution in [0.1, 0.15) is 37.8 Å². The monoisotopic (exact) mass is 463 g/mol. The summed E-state index contributed by atoms with van der Waals surface area (Å²) in [5, 5.41) is 21.5. The van der Waals surface area contributed by atoms with E-state index in [4.69, 9.17) is 0 Å². The Balaban J connectivity index is 1.96. The van der Waals surface area contributed by atoms with Gasteiger partial charge in [-0.1, -0.05) is 43.7 Å². The normalized spacial score (nSPS) is 13.1. The topological polar surface area (TPSA) is 111 Å². The fourth-order valence-corrected chi connectivity index (χ4v) is 4.54. The second-order valence-electron chi connectivity index (χ2n) is 7.40. The molecule has 0 radical (unpaired) electrons. The summed E-state index contributed by atoms with van der Waals surface area (Å²) in [4.78, 5) is 37.2. The number of fused-ring (bicyclic) bond motifs is 1. The summed E-state index contributed by atoms with van der Waals surface area (Å²) in [5.41, 5.74) is 2.65. The van der Waals surface area contributed by atoms with E-state index in [0.717, 1.165) is 22.9 Å². The predicted molar refractivity (Wildman–Crippen MR) is 125 cm³/mol. The number of hydrogen-bond acceptors (Lipinski definition) is 7. The smallest absolute Gasteiger partial charge is 0.269 e. The molecule has 0 aliphatic carbocycles. The number of ketones is 1. The first-order valence-electron chi connectivity index (χ1n) is 10.4. The molecule has 0 saturated carbocycles. The summed E-state index contributed by atoms with van der Waals surface area (Å²) in [6, 6.07) is 13.5. The second kappa shape index (κ2) is 8.99. The molecule has 2 aromatic carbocycles. The second-order valence-corrected chi connectivity index (χ2v) is 8.38. The van der Waals surface area contributed by atoms with E-state index in [2.05, 4.69) is 10.2 Å². The number of allylic oxidation sites excluding steroid dienone is 1. The maximum atomic E-state index is 13.3. The van der Waals surface area contributed by atoms with Gasteiger partial charge in [0.2, 0.25) is 11.1 Å². The molecular weight excluding hydrogens is 442 g/mol. The molecule has 0 bridgehead atoms. The number of Topliss-reactive ketones (excluding diaryl/α,β-unsaturated/α-hetero) is 1. The predicted octanol–water partition coefficient (Wildman–Crippen LogP) is 4.49. The van der Waals surface area contributed by atoms with Gasteiger partial charge in [-0.2, -0.15) is 4.68 Å². The molecule has 168 valence electrons. The minimum absolute atomic E-state index is 0.0788. The van der Waals surface area contributed by atoms with Crippen molar-refractivity contribution in [3.05, 3.63) is 74.7 Å². The van der Waals surface area contributed by atoms with E-state index in [-0.39, 0.29) is 30.2 Å². The number of rotatable bonds is 6. The maximum absolute atomic E-state index is 13.3. The first-order valence-corrected chi connectivity index (χ1v) is 11.2. The SMILES string of the molecule is CCC(=O)C1=C(c2ccc([N+](=O)[O-])cc2)N(C(=O)CC)n2c(nnc2-c2ccc(C)cc2)S1. The summed E-state index contributed by atoms with van der Waals surface area (Å²) in [5.74, 6) is 0.0366. The lowest BCUT2D eigenvalue weighted by molar-refractivity contribution is -0.384. The largest absolute Gasteiger partial charge is 0.294 e. The lowest BCUT2D eigenvalue weighted by Gasteiger charge is -2.33. The first kappa shape index (κ1) is 22.4. The van der Waals surface area contributed by atoms with E-state index in [1.165, 1.54) is 17.1 Å². The molecule has 0 spiro atoms. The number of aryl methyl sites for hydroxylation is 1. The van der Waals surface area contributed by atoms with E-state index in [1.54, 1.807) is 30.7 Å². The van der Waals surface area contributed by atoms with E-state index < -0.39 is 4.92 Å². The Hall–Kier alpha value is -3.79. The highest BCUT2D eigenvalue weighted by Crippen LogP contribution is 2.42. The van der Waals surface area contributed by atoms with Gasteiger partial charge in [-0.25, -0.2) is 5.01 Å². The van der Waals surface area contributed by atoms with Crippen LogP contribution in [0.25, 0.3) is 17.1 Å². The van der Waals surface area contributed by atoms with Crippen molar-refractivity contribution in [2.75, 3.05) is 5.01 Å². The van der Waals surface area contributed by atoms with Crippen LogP contribution in [-0.4, -0.2) is 31.5 Å². The number of non-ortho nitro benzene ring substituents is 1. The van der Waals surface area contributed by atoms with Crippen LogP contribution in [0.3, 0.4) is 0 Å². The Morgan fingerprint density at radius 2 is 1.61 bits per heavy atom. The molecule has 33 heavy (non-hydrogen) atoms. The van der Waals surface area contributed by atoms with E-state index in [0.29, 0.717) is 27.1 Å². The average molecular weight is 464 g/mol. The van der Waals surface area contributed by atoms with Crippen molar-refractivity contribution in [1.29, 1.82) is 0 Å². The van der Waals surface area contributed by atoms with Crippen LogP contribution >= 0.6 is 11.8 Å². The van der Waals surface area contributed by atoms with Gasteiger partial charge in [-0.3, -0.25) is 19.7 Å². The fourth-order valence-electron chi connectivity index (χ4n) is 3.46. The summed E-state index contributed by atoms with van der Waals surface area (Å²) in [7, 11) is 0. The van der Waals surface area contributed by atoms with Gasteiger partial charge >= 0.3 is 0 Å². The Kier molecular flexibility index (Phi) is 6.10. The number of carbonyl (C=O) groups is 2. The molecule has 3 aromatic rings. The summed E-state index contributed by atoms with van der Waals surface area (Å²) >= 11 is 1.15. The fraction of sp³-hybridized carbons (Fsp3) is 0.217. The summed E-state index contributed by atoms with van der Waals surface area (Å²) in [6.45, 7) is 5.45. The molecule has 4 rings (SSSR count). The molecule has 1 aliphatic heterocycles. The molecule has 0 unspecified atom stereocenters. The zero-order chi connectivity index (χ0) is 23.7. The molecule has 9 nitrogen and oxygen atoms in total. The number of hydrogen-bond donors (Lipinski definition) is 0. The van der Waals surface area contributed by atoms with Crippen LogP contribution < -0.4 is 5.01 Å². The minimum Gasteiger partial charge on any atom is -0.294 e. The van der Waals surface area contributed by atoms with Gasteiger partial charge in [-0.05, 0) is 30.8 Å². The van der Waals surface area contributed by atoms with Gasteiger partial charge < -0.3 is 0 Å². The molecule has 1 aliphatic rings. The van der Waals surface area contributed by atoms with Gasteiger partial charge in [0.25, 0.3) is 5.69 Å². The third kappa shape index (κ3) is 4.05. The molecule has 10 heteroatoms. The van der Waals surface area contributed by atoms with E-state index in [1.807, 2.05) is 31.2 Å². The molecule has 0 saturated heterocycles. The molecule has 0 N–H and O–H groups in total. The van der Waals surface area contributed by atoms with Crippen molar-refractivity contribution in [3.8, 4) is 11.4 Å². The van der Waals surface area contributed by atoms with Crippen LogP contribution in [0.2, 0.25) is 0 Å². The highest BCUT2D eigenvalue weighted by molar-refractivity contribution is 8.04. The Labute approximate surface area is 194 Å². The van der Waals surface area contributed by atoms with Crippen molar-refractivity contribution >= 4 is 34.8 Å². The van der Waals surface area contributed by atoms with Crippen molar-refractivity contribution in [2.24, 2.45) is 0 Å². The summed E-state index contributed by atoms with van der Waals surface area (Å²) in [6.07, 6.45) is 0.394. The molecular formula is C23H21N5O4S.